The minimum Gasteiger partial charge on any atom is -0.332 e. The van der Waals surface area contributed by atoms with Crippen molar-refractivity contribution in [2.45, 2.75) is 58.2 Å². The standard InChI is InChI=1S/C18H25N3OS/c1-13-7-5-8-14(2)20(13)11-6-12-21-17(22)15-9-3-4-10-16(15)19-18(21)23/h3-4,9-10,13-14H,5-8,11-12H2,1-2H3,(H,19,23). The quantitative estimate of drug-likeness (QED) is 0.868. The molecule has 1 aliphatic rings. The molecule has 3 rings (SSSR count). The molecule has 2 heterocycles. The maximum atomic E-state index is 12.6. The van der Waals surface area contributed by atoms with Crippen LogP contribution in [-0.4, -0.2) is 33.1 Å². The highest BCUT2D eigenvalue weighted by molar-refractivity contribution is 7.71. The molecule has 2 aromatic rings. The minimum atomic E-state index is 0.0177. The van der Waals surface area contributed by atoms with Crippen molar-refractivity contribution >= 4 is 23.1 Å². The minimum absolute atomic E-state index is 0.0177. The lowest BCUT2D eigenvalue weighted by Crippen LogP contribution is -2.44. The van der Waals surface area contributed by atoms with Gasteiger partial charge in [-0.15, -0.1) is 0 Å². The van der Waals surface area contributed by atoms with Crippen LogP contribution in [0, 0.1) is 4.77 Å². The first-order valence-corrected chi connectivity index (χ1v) is 8.96. The molecule has 0 amide bonds. The van der Waals surface area contributed by atoms with Crippen LogP contribution in [0.2, 0.25) is 0 Å². The number of nitrogens with zero attached hydrogens (tertiary/aromatic N) is 2. The van der Waals surface area contributed by atoms with Crippen LogP contribution in [0.1, 0.15) is 39.5 Å². The van der Waals surface area contributed by atoms with Crippen LogP contribution in [0.5, 0.6) is 0 Å². The second-order valence-corrected chi connectivity index (χ2v) is 7.04. The van der Waals surface area contributed by atoms with E-state index in [2.05, 4.69) is 23.7 Å². The van der Waals surface area contributed by atoms with Gasteiger partial charge in [0.25, 0.3) is 5.56 Å². The van der Waals surface area contributed by atoms with Gasteiger partial charge in [0.2, 0.25) is 0 Å². The van der Waals surface area contributed by atoms with Gasteiger partial charge in [-0.2, -0.15) is 0 Å². The van der Waals surface area contributed by atoms with E-state index in [4.69, 9.17) is 12.2 Å². The van der Waals surface area contributed by atoms with Gasteiger partial charge in [-0.1, -0.05) is 18.6 Å². The number of likely N-dealkylation sites (tertiary alicyclic amines) is 1. The number of rotatable bonds is 4. The highest BCUT2D eigenvalue weighted by atomic mass is 32.1. The monoisotopic (exact) mass is 331 g/mol. The van der Waals surface area contributed by atoms with Crippen LogP contribution in [0.15, 0.2) is 29.1 Å². The zero-order chi connectivity index (χ0) is 16.4. The van der Waals surface area contributed by atoms with E-state index in [1.807, 2.05) is 24.3 Å². The highest BCUT2D eigenvalue weighted by Gasteiger charge is 2.23. The summed E-state index contributed by atoms with van der Waals surface area (Å²) in [7, 11) is 0. The van der Waals surface area contributed by atoms with Gasteiger partial charge in [0.1, 0.15) is 0 Å². The fourth-order valence-corrected chi connectivity index (χ4v) is 4.01. The highest BCUT2D eigenvalue weighted by Crippen LogP contribution is 2.22. The van der Waals surface area contributed by atoms with E-state index in [-0.39, 0.29) is 5.56 Å². The van der Waals surface area contributed by atoms with E-state index in [0.717, 1.165) is 18.5 Å². The van der Waals surface area contributed by atoms with Gasteiger partial charge in [-0.05, 0) is 57.5 Å². The lowest BCUT2D eigenvalue weighted by molar-refractivity contribution is 0.100. The number of hydrogen-bond donors (Lipinski definition) is 1. The Kier molecular flexibility index (Phi) is 4.97. The third-order valence-electron chi connectivity index (χ3n) is 5.06. The third kappa shape index (κ3) is 3.40. The van der Waals surface area contributed by atoms with Crippen LogP contribution in [0.3, 0.4) is 0 Å². The first kappa shape index (κ1) is 16.4. The fraction of sp³-hybridized carbons (Fsp3) is 0.556. The Labute approximate surface area is 142 Å². The van der Waals surface area contributed by atoms with Gasteiger partial charge >= 0.3 is 0 Å². The molecule has 0 aliphatic carbocycles. The topological polar surface area (TPSA) is 41.0 Å². The number of fused-ring (bicyclic) bond motifs is 1. The average molecular weight is 331 g/mol. The Morgan fingerprint density at radius 1 is 1.17 bits per heavy atom. The summed E-state index contributed by atoms with van der Waals surface area (Å²) >= 11 is 5.38. The number of piperidine rings is 1. The molecule has 1 saturated heterocycles. The van der Waals surface area contributed by atoms with Crippen molar-refractivity contribution in [2.24, 2.45) is 0 Å². The molecule has 4 nitrogen and oxygen atoms in total. The second-order valence-electron chi connectivity index (χ2n) is 6.65. The van der Waals surface area contributed by atoms with E-state index in [0.29, 0.717) is 28.8 Å². The molecule has 124 valence electrons. The zero-order valence-corrected chi connectivity index (χ0v) is 14.7. The van der Waals surface area contributed by atoms with Crippen LogP contribution in [-0.2, 0) is 6.54 Å². The van der Waals surface area contributed by atoms with Gasteiger partial charge in [0.05, 0.1) is 10.9 Å². The molecule has 1 aromatic carbocycles. The Morgan fingerprint density at radius 3 is 2.61 bits per heavy atom. The van der Waals surface area contributed by atoms with E-state index in [9.17, 15) is 4.79 Å². The lowest BCUT2D eigenvalue weighted by Gasteiger charge is -2.39. The molecule has 5 heteroatoms. The fourth-order valence-electron chi connectivity index (χ4n) is 3.73. The van der Waals surface area contributed by atoms with E-state index >= 15 is 0 Å². The molecule has 1 fully saturated rings. The molecule has 2 atom stereocenters. The normalized spacial score (nSPS) is 22.5. The van der Waals surface area contributed by atoms with Crippen molar-refractivity contribution in [3.63, 3.8) is 0 Å². The smallest absolute Gasteiger partial charge is 0.262 e. The SMILES string of the molecule is CC1CCCC(C)N1CCCn1c(=S)[nH]c2ccccc2c1=O. The van der Waals surface area contributed by atoms with Gasteiger partial charge in [-0.3, -0.25) is 14.3 Å². The Morgan fingerprint density at radius 2 is 1.87 bits per heavy atom. The summed E-state index contributed by atoms with van der Waals surface area (Å²) in [5.74, 6) is 0. The summed E-state index contributed by atoms with van der Waals surface area (Å²) in [5.41, 5.74) is 0.834. The summed E-state index contributed by atoms with van der Waals surface area (Å²) < 4.78 is 2.23. The van der Waals surface area contributed by atoms with Crippen molar-refractivity contribution < 1.29 is 0 Å². The third-order valence-corrected chi connectivity index (χ3v) is 5.39. The van der Waals surface area contributed by atoms with E-state index in [1.165, 1.54) is 19.3 Å². The molecule has 2 unspecified atom stereocenters. The molecular weight excluding hydrogens is 306 g/mol. The van der Waals surface area contributed by atoms with E-state index < -0.39 is 0 Å². The van der Waals surface area contributed by atoms with Crippen molar-refractivity contribution in [2.75, 3.05) is 6.54 Å². The van der Waals surface area contributed by atoms with Gasteiger partial charge in [0, 0.05) is 25.2 Å². The number of aromatic amines is 1. The maximum absolute atomic E-state index is 12.6. The van der Waals surface area contributed by atoms with Gasteiger partial charge < -0.3 is 4.98 Å². The second kappa shape index (κ2) is 6.97. The molecule has 1 aromatic heterocycles. The number of hydrogen-bond acceptors (Lipinski definition) is 3. The van der Waals surface area contributed by atoms with Crippen molar-refractivity contribution in [1.82, 2.24) is 14.5 Å². The van der Waals surface area contributed by atoms with Crippen LogP contribution in [0.4, 0.5) is 0 Å². The van der Waals surface area contributed by atoms with E-state index in [1.54, 1.807) is 4.57 Å². The number of nitrogens with one attached hydrogen (secondary N) is 1. The molecule has 0 spiro atoms. The van der Waals surface area contributed by atoms with Crippen LogP contribution < -0.4 is 5.56 Å². The van der Waals surface area contributed by atoms with Crippen molar-refractivity contribution in [1.29, 1.82) is 0 Å². The van der Waals surface area contributed by atoms with Gasteiger partial charge in [-0.25, -0.2) is 0 Å². The lowest BCUT2D eigenvalue weighted by atomic mass is 9.97. The first-order valence-electron chi connectivity index (χ1n) is 8.55. The maximum Gasteiger partial charge on any atom is 0.262 e. The molecular formula is C18H25N3OS. The summed E-state index contributed by atoms with van der Waals surface area (Å²) in [5, 5.41) is 0.709. The molecule has 23 heavy (non-hydrogen) atoms. The Balaban J connectivity index is 1.75. The van der Waals surface area contributed by atoms with Gasteiger partial charge in [0.15, 0.2) is 4.77 Å². The Bertz CT molecular complexity index is 785. The largest absolute Gasteiger partial charge is 0.332 e. The number of benzene rings is 1. The zero-order valence-electron chi connectivity index (χ0n) is 13.9. The molecule has 1 N–H and O–H groups in total. The molecule has 0 radical (unpaired) electrons. The molecule has 0 bridgehead atoms. The predicted octanol–water partition coefficient (Wildman–Crippen LogP) is 3.71. The molecule has 1 aliphatic heterocycles. The first-order chi connectivity index (χ1) is 11.1. The number of aromatic nitrogens is 2. The summed E-state index contributed by atoms with van der Waals surface area (Å²) in [6.45, 7) is 6.32. The van der Waals surface area contributed by atoms with Crippen molar-refractivity contribution in [3.8, 4) is 0 Å². The summed E-state index contributed by atoms with van der Waals surface area (Å²) in [6, 6.07) is 8.84. The van der Waals surface area contributed by atoms with Crippen LogP contribution in [0.25, 0.3) is 10.9 Å². The van der Waals surface area contributed by atoms with Crippen molar-refractivity contribution in [3.05, 3.63) is 39.4 Å². The average Bonchev–Trinajstić information content (AvgIpc) is 2.53. The number of para-hydroxylation sites is 1. The summed E-state index contributed by atoms with van der Waals surface area (Å²) in [4.78, 5) is 18.4. The molecule has 0 saturated carbocycles. The summed E-state index contributed by atoms with van der Waals surface area (Å²) in [6.07, 6.45) is 4.83. The van der Waals surface area contributed by atoms with Crippen LogP contribution >= 0.6 is 12.2 Å². The Hall–Kier alpha value is -1.46. The number of H-pyrrole nitrogens is 1. The predicted molar refractivity (Wildman–Crippen MR) is 97.5 cm³/mol.